The van der Waals surface area contributed by atoms with Crippen LogP contribution in [0.1, 0.15) is 6.92 Å². The van der Waals surface area contributed by atoms with E-state index in [0.29, 0.717) is 6.54 Å². The van der Waals surface area contributed by atoms with Crippen LogP contribution in [0.3, 0.4) is 0 Å². The number of fused-ring (bicyclic) bond motifs is 1. The first-order valence-corrected chi connectivity index (χ1v) is 5.69. The van der Waals surface area contributed by atoms with Crippen molar-refractivity contribution in [2.24, 2.45) is 0 Å². The lowest BCUT2D eigenvalue weighted by Gasteiger charge is -2.18. The van der Waals surface area contributed by atoms with Gasteiger partial charge in [0, 0.05) is 19.0 Å². The highest BCUT2D eigenvalue weighted by molar-refractivity contribution is 7.11. The van der Waals surface area contributed by atoms with Crippen LogP contribution in [-0.4, -0.2) is 29.2 Å². The molecular weight excluding hydrogens is 208 g/mol. The molecule has 0 spiro atoms. The van der Waals surface area contributed by atoms with Crippen molar-refractivity contribution in [3.8, 4) is 0 Å². The lowest BCUT2D eigenvalue weighted by molar-refractivity contribution is 0.202. The quantitative estimate of drug-likeness (QED) is 0.864. The molecule has 1 N–H and O–H groups in total. The predicted molar refractivity (Wildman–Crippen MR) is 64.6 cm³/mol. The Morgan fingerprint density at radius 2 is 2.20 bits per heavy atom. The maximum absolute atomic E-state index is 9.34. The van der Waals surface area contributed by atoms with E-state index < -0.39 is 0 Å². The van der Waals surface area contributed by atoms with Crippen LogP contribution in [0.5, 0.6) is 0 Å². The van der Waals surface area contributed by atoms with Crippen LogP contribution in [0, 0.1) is 0 Å². The molecule has 80 valence electrons. The van der Waals surface area contributed by atoms with Crippen molar-refractivity contribution in [1.29, 1.82) is 0 Å². The average molecular weight is 222 g/mol. The van der Waals surface area contributed by atoms with Gasteiger partial charge in [0.2, 0.25) is 0 Å². The van der Waals surface area contributed by atoms with Crippen LogP contribution < -0.4 is 4.90 Å². The molecule has 1 unspecified atom stereocenters. The van der Waals surface area contributed by atoms with Gasteiger partial charge < -0.3 is 10.0 Å². The summed E-state index contributed by atoms with van der Waals surface area (Å²) < 4.78 is 4.37. The molecule has 1 atom stereocenters. The van der Waals surface area contributed by atoms with Crippen molar-refractivity contribution in [3.63, 3.8) is 0 Å². The number of aliphatic hydroxyl groups is 1. The van der Waals surface area contributed by atoms with Gasteiger partial charge >= 0.3 is 0 Å². The summed E-state index contributed by atoms with van der Waals surface area (Å²) in [7, 11) is 1.98. The molecule has 0 aliphatic heterocycles. The Bertz CT molecular complexity index is 453. The van der Waals surface area contributed by atoms with Crippen LogP contribution in [-0.2, 0) is 0 Å². The zero-order valence-electron chi connectivity index (χ0n) is 8.84. The molecule has 1 aromatic heterocycles. The Balaban J connectivity index is 2.35. The lowest BCUT2D eigenvalue weighted by Crippen LogP contribution is -2.26. The average Bonchev–Trinajstić information content (AvgIpc) is 2.59. The van der Waals surface area contributed by atoms with Crippen molar-refractivity contribution in [1.82, 2.24) is 4.37 Å². The van der Waals surface area contributed by atoms with Crippen molar-refractivity contribution >= 4 is 27.4 Å². The van der Waals surface area contributed by atoms with Crippen LogP contribution in [0.4, 0.5) is 5.00 Å². The molecule has 0 saturated heterocycles. The second kappa shape index (κ2) is 4.16. The number of aliphatic hydroxyl groups excluding tert-OH is 1. The first-order chi connectivity index (χ1) is 7.18. The van der Waals surface area contributed by atoms with E-state index >= 15 is 0 Å². The predicted octanol–water partition coefficient (Wildman–Crippen LogP) is 2.11. The fraction of sp³-hybridized carbons (Fsp3) is 0.364. The summed E-state index contributed by atoms with van der Waals surface area (Å²) in [6.07, 6.45) is -0.323. The number of hydrogen-bond acceptors (Lipinski definition) is 4. The van der Waals surface area contributed by atoms with Crippen molar-refractivity contribution < 1.29 is 5.11 Å². The summed E-state index contributed by atoms with van der Waals surface area (Å²) in [6.45, 7) is 2.42. The number of aromatic nitrogens is 1. The van der Waals surface area contributed by atoms with Gasteiger partial charge in [-0.3, -0.25) is 0 Å². The van der Waals surface area contributed by atoms with Gasteiger partial charge in [-0.05, 0) is 30.6 Å². The van der Waals surface area contributed by atoms with E-state index in [2.05, 4.69) is 10.4 Å². The molecule has 0 saturated carbocycles. The summed E-state index contributed by atoms with van der Waals surface area (Å²) >= 11 is 1.48. The monoisotopic (exact) mass is 222 g/mol. The second-order valence-electron chi connectivity index (χ2n) is 3.73. The topological polar surface area (TPSA) is 36.4 Å². The molecule has 0 bridgehead atoms. The van der Waals surface area contributed by atoms with Crippen molar-refractivity contribution in [2.75, 3.05) is 18.5 Å². The smallest absolute Gasteiger partial charge is 0.119 e. The van der Waals surface area contributed by atoms with Crippen molar-refractivity contribution in [3.05, 3.63) is 24.3 Å². The number of hydrogen-bond donors (Lipinski definition) is 1. The van der Waals surface area contributed by atoms with Gasteiger partial charge in [0.1, 0.15) is 5.00 Å². The third-order valence-electron chi connectivity index (χ3n) is 2.25. The molecule has 2 aromatic rings. The van der Waals surface area contributed by atoms with Gasteiger partial charge in [-0.25, -0.2) is 0 Å². The maximum atomic E-state index is 9.34. The number of nitrogens with zero attached hydrogens (tertiary/aromatic N) is 2. The van der Waals surface area contributed by atoms with E-state index in [4.69, 9.17) is 0 Å². The normalized spacial score (nSPS) is 13.0. The fourth-order valence-electron chi connectivity index (χ4n) is 1.63. The Kier molecular flexibility index (Phi) is 2.88. The standard InChI is InChI=1S/C11H14N2OS/c1-8(14)7-13(2)11-9-5-3-4-6-10(9)12-15-11/h3-6,8,14H,7H2,1-2H3. The van der Waals surface area contributed by atoms with E-state index in [-0.39, 0.29) is 6.10 Å². The molecule has 0 amide bonds. The summed E-state index contributed by atoms with van der Waals surface area (Å²) in [6, 6.07) is 8.06. The molecule has 4 heteroatoms. The summed E-state index contributed by atoms with van der Waals surface area (Å²) in [5.74, 6) is 0. The van der Waals surface area contributed by atoms with E-state index in [1.54, 1.807) is 6.92 Å². The zero-order chi connectivity index (χ0) is 10.8. The lowest BCUT2D eigenvalue weighted by atomic mass is 10.2. The summed E-state index contributed by atoms with van der Waals surface area (Å²) in [5.41, 5.74) is 1.02. The van der Waals surface area contributed by atoms with Gasteiger partial charge in [-0.1, -0.05) is 12.1 Å². The number of anilines is 1. The van der Waals surface area contributed by atoms with E-state index in [0.717, 1.165) is 15.9 Å². The molecule has 15 heavy (non-hydrogen) atoms. The first kappa shape index (κ1) is 10.4. The minimum Gasteiger partial charge on any atom is -0.392 e. The Labute approximate surface area is 93.1 Å². The van der Waals surface area contributed by atoms with Crippen molar-refractivity contribution in [2.45, 2.75) is 13.0 Å². The first-order valence-electron chi connectivity index (χ1n) is 4.92. The summed E-state index contributed by atoms with van der Waals surface area (Å²) in [4.78, 5) is 2.05. The molecular formula is C11H14N2OS. The molecule has 3 nitrogen and oxygen atoms in total. The van der Waals surface area contributed by atoms with Gasteiger partial charge in [0.15, 0.2) is 0 Å². The fourth-order valence-corrected chi connectivity index (χ4v) is 2.46. The highest BCUT2D eigenvalue weighted by atomic mass is 32.1. The molecule has 1 heterocycles. The Hall–Kier alpha value is -1.13. The molecule has 0 aliphatic rings. The van der Waals surface area contributed by atoms with E-state index in [1.807, 2.05) is 30.1 Å². The minimum absolute atomic E-state index is 0.323. The van der Waals surface area contributed by atoms with Gasteiger partial charge in [0.25, 0.3) is 0 Å². The molecule has 1 aromatic carbocycles. The highest BCUT2D eigenvalue weighted by Gasteiger charge is 2.11. The highest BCUT2D eigenvalue weighted by Crippen LogP contribution is 2.30. The zero-order valence-corrected chi connectivity index (χ0v) is 9.66. The van der Waals surface area contributed by atoms with Crippen LogP contribution in [0.25, 0.3) is 10.9 Å². The summed E-state index contributed by atoms with van der Waals surface area (Å²) in [5, 5.41) is 11.6. The number of rotatable bonds is 3. The maximum Gasteiger partial charge on any atom is 0.119 e. The third kappa shape index (κ3) is 2.11. The Morgan fingerprint density at radius 3 is 2.93 bits per heavy atom. The van der Waals surface area contributed by atoms with Gasteiger partial charge in [0.05, 0.1) is 11.6 Å². The van der Waals surface area contributed by atoms with E-state index in [9.17, 15) is 5.11 Å². The van der Waals surface area contributed by atoms with Crippen LogP contribution >= 0.6 is 11.5 Å². The van der Waals surface area contributed by atoms with E-state index in [1.165, 1.54) is 11.5 Å². The van der Waals surface area contributed by atoms with Gasteiger partial charge in [-0.15, -0.1) is 0 Å². The molecule has 2 rings (SSSR count). The number of likely N-dealkylation sites (N-methyl/N-ethyl adjacent to an activating group) is 1. The molecule has 0 fully saturated rings. The second-order valence-corrected chi connectivity index (χ2v) is 4.49. The Morgan fingerprint density at radius 1 is 1.47 bits per heavy atom. The minimum atomic E-state index is -0.323. The SMILES string of the molecule is CC(O)CN(C)c1snc2ccccc12. The van der Waals surface area contributed by atoms with Gasteiger partial charge in [-0.2, -0.15) is 4.37 Å². The number of benzene rings is 1. The van der Waals surface area contributed by atoms with Crippen LogP contribution in [0.15, 0.2) is 24.3 Å². The van der Waals surface area contributed by atoms with Crippen LogP contribution in [0.2, 0.25) is 0 Å². The third-order valence-corrected chi connectivity index (χ3v) is 3.24. The largest absolute Gasteiger partial charge is 0.392 e. The molecule has 0 radical (unpaired) electrons. The molecule has 0 aliphatic carbocycles.